The summed E-state index contributed by atoms with van der Waals surface area (Å²) >= 11 is 1.42. The van der Waals surface area contributed by atoms with Crippen LogP contribution in [0, 0.1) is 11.8 Å². The molecule has 1 aliphatic heterocycles. The van der Waals surface area contributed by atoms with Crippen LogP contribution < -0.4 is 5.73 Å². The molecule has 116 valence electrons. The molecule has 1 rings (SSSR count). The Labute approximate surface area is 126 Å². The molecule has 0 aromatic rings. The Morgan fingerprint density at radius 1 is 1.45 bits per heavy atom. The van der Waals surface area contributed by atoms with Gasteiger partial charge in [-0.3, -0.25) is 0 Å². The molecule has 0 aromatic carbocycles. The molecule has 2 N–H and O–H groups in total. The Hall–Kier alpha value is -0.750. The van der Waals surface area contributed by atoms with Crippen LogP contribution in [0.3, 0.4) is 0 Å². The Morgan fingerprint density at radius 2 is 2.10 bits per heavy atom. The second-order valence-electron chi connectivity index (χ2n) is 5.54. The van der Waals surface area contributed by atoms with Crippen molar-refractivity contribution in [2.24, 2.45) is 22.6 Å². The first-order chi connectivity index (χ1) is 9.54. The van der Waals surface area contributed by atoms with E-state index in [0.717, 1.165) is 39.0 Å². The van der Waals surface area contributed by atoms with Crippen molar-refractivity contribution in [3.8, 4) is 0 Å². The molecule has 1 heterocycles. The molecular weight excluding hydrogens is 274 g/mol. The van der Waals surface area contributed by atoms with E-state index in [0.29, 0.717) is 11.8 Å². The maximum atomic E-state index is 12.0. The van der Waals surface area contributed by atoms with Gasteiger partial charge in [0.05, 0.1) is 6.61 Å². The number of hydrogen-bond donors (Lipinski definition) is 1. The van der Waals surface area contributed by atoms with Crippen molar-refractivity contribution >= 4 is 23.9 Å². The summed E-state index contributed by atoms with van der Waals surface area (Å²) in [6.45, 7) is 6.28. The lowest BCUT2D eigenvalue weighted by Crippen LogP contribution is -2.38. The molecular formula is C14H27N3O2S. The van der Waals surface area contributed by atoms with Crippen molar-refractivity contribution in [1.82, 2.24) is 4.90 Å². The average Bonchev–Trinajstić information content (AvgIpc) is 2.44. The number of amides is 2. The maximum absolute atomic E-state index is 12.0. The van der Waals surface area contributed by atoms with Crippen molar-refractivity contribution in [3.63, 3.8) is 0 Å². The van der Waals surface area contributed by atoms with E-state index >= 15 is 0 Å². The quantitative estimate of drug-likeness (QED) is 0.354. The van der Waals surface area contributed by atoms with E-state index < -0.39 is 0 Å². The molecule has 0 saturated carbocycles. The highest BCUT2D eigenvalue weighted by Crippen LogP contribution is 2.22. The molecule has 20 heavy (non-hydrogen) atoms. The fraction of sp³-hybridized carbons (Fsp3) is 0.857. The Kier molecular flexibility index (Phi) is 7.99. The van der Waals surface area contributed by atoms with Gasteiger partial charge in [0.25, 0.3) is 0 Å². The van der Waals surface area contributed by atoms with Crippen LogP contribution in [-0.2, 0) is 4.18 Å². The minimum absolute atomic E-state index is 0.118. The molecule has 1 saturated heterocycles. The van der Waals surface area contributed by atoms with E-state index in [1.54, 1.807) is 0 Å². The summed E-state index contributed by atoms with van der Waals surface area (Å²) in [7, 11) is 0. The first-order valence-corrected chi connectivity index (χ1v) is 8.48. The number of carbonyl (C=O) groups excluding carboxylic acids is 1. The van der Waals surface area contributed by atoms with Gasteiger partial charge in [-0.2, -0.15) is 4.99 Å². The molecule has 0 aromatic heterocycles. The molecule has 1 aliphatic rings. The SMILES string of the molecule is CSOCCCC1CCN(C(=O)/N=C(\N)C(C)C)CC1. The van der Waals surface area contributed by atoms with Gasteiger partial charge in [0.15, 0.2) is 0 Å². The second kappa shape index (κ2) is 9.23. The van der Waals surface area contributed by atoms with Gasteiger partial charge in [-0.25, -0.2) is 4.79 Å². The third-order valence-corrected chi connectivity index (χ3v) is 4.06. The van der Waals surface area contributed by atoms with Crippen molar-refractivity contribution < 1.29 is 8.98 Å². The number of piperidine rings is 1. The molecule has 1 fully saturated rings. The Bertz CT molecular complexity index is 326. The number of likely N-dealkylation sites (tertiary alicyclic amines) is 1. The van der Waals surface area contributed by atoms with Gasteiger partial charge in [0, 0.05) is 25.3 Å². The third-order valence-electron chi connectivity index (χ3n) is 3.66. The van der Waals surface area contributed by atoms with Crippen molar-refractivity contribution in [3.05, 3.63) is 0 Å². The average molecular weight is 301 g/mol. The highest BCUT2D eigenvalue weighted by Gasteiger charge is 2.22. The first kappa shape index (κ1) is 17.3. The summed E-state index contributed by atoms with van der Waals surface area (Å²) < 4.78 is 5.27. The number of hydrogen-bond acceptors (Lipinski definition) is 3. The van der Waals surface area contributed by atoms with Gasteiger partial charge in [0.1, 0.15) is 5.84 Å². The predicted molar refractivity (Wildman–Crippen MR) is 84.9 cm³/mol. The number of urea groups is 1. The maximum Gasteiger partial charge on any atom is 0.345 e. The standard InChI is InChI=1S/C14H27N3O2S/c1-11(2)13(15)16-14(18)17-8-6-12(7-9-17)5-4-10-19-20-3/h11-12H,4-10H2,1-3H3,(H2,15,16,18). The zero-order valence-electron chi connectivity index (χ0n) is 12.8. The lowest BCUT2D eigenvalue weighted by molar-refractivity contribution is 0.174. The predicted octanol–water partition coefficient (Wildman–Crippen LogP) is 2.91. The zero-order chi connectivity index (χ0) is 15.0. The van der Waals surface area contributed by atoms with E-state index in [4.69, 9.17) is 9.92 Å². The summed E-state index contributed by atoms with van der Waals surface area (Å²) in [5.74, 6) is 1.25. The third kappa shape index (κ3) is 6.13. The number of nitrogens with two attached hydrogens (primary N) is 1. The smallest absolute Gasteiger partial charge is 0.345 e. The van der Waals surface area contributed by atoms with Crippen LogP contribution >= 0.6 is 12.0 Å². The molecule has 0 spiro atoms. The van der Waals surface area contributed by atoms with Crippen LogP contribution in [-0.4, -0.2) is 42.7 Å². The summed E-state index contributed by atoms with van der Waals surface area (Å²) in [6, 6.07) is -0.180. The van der Waals surface area contributed by atoms with Crippen LogP contribution in [0.4, 0.5) is 4.79 Å². The highest BCUT2D eigenvalue weighted by atomic mass is 32.2. The number of carbonyl (C=O) groups is 1. The summed E-state index contributed by atoms with van der Waals surface area (Å²) in [6.07, 6.45) is 6.33. The van der Waals surface area contributed by atoms with Crippen molar-refractivity contribution in [1.29, 1.82) is 0 Å². The Balaban J connectivity index is 2.28. The van der Waals surface area contributed by atoms with Gasteiger partial charge in [-0.05, 0) is 43.6 Å². The summed E-state index contributed by atoms with van der Waals surface area (Å²) in [5, 5.41) is 0. The molecule has 2 amide bonds. The normalized spacial score (nSPS) is 17.8. The van der Waals surface area contributed by atoms with Crippen LogP contribution in [0.5, 0.6) is 0 Å². The van der Waals surface area contributed by atoms with Gasteiger partial charge in [-0.1, -0.05) is 13.8 Å². The van der Waals surface area contributed by atoms with Crippen LogP contribution in [0.2, 0.25) is 0 Å². The number of aliphatic imine (C=N–C) groups is 1. The molecule has 0 radical (unpaired) electrons. The van der Waals surface area contributed by atoms with Crippen LogP contribution in [0.1, 0.15) is 39.5 Å². The fourth-order valence-electron chi connectivity index (χ4n) is 2.24. The number of rotatable bonds is 6. The molecule has 0 unspecified atom stereocenters. The van der Waals surface area contributed by atoms with E-state index in [1.807, 2.05) is 25.0 Å². The molecule has 0 aliphatic carbocycles. The largest absolute Gasteiger partial charge is 0.387 e. The fourth-order valence-corrected chi connectivity index (χ4v) is 2.52. The van der Waals surface area contributed by atoms with Gasteiger partial charge in [-0.15, -0.1) is 0 Å². The lowest BCUT2D eigenvalue weighted by atomic mass is 9.92. The Morgan fingerprint density at radius 3 is 2.65 bits per heavy atom. The van der Waals surface area contributed by atoms with Crippen LogP contribution in [0.25, 0.3) is 0 Å². The molecule has 5 nitrogen and oxygen atoms in total. The number of nitrogens with zero attached hydrogens (tertiary/aromatic N) is 2. The molecule has 6 heteroatoms. The van der Waals surface area contributed by atoms with E-state index in [2.05, 4.69) is 4.99 Å². The minimum Gasteiger partial charge on any atom is -0.387 e. The number of amidine groups is 1. The van der Waals surface area contributed by atoms with E-state index in [9.17, 15) is 4.79 Å². The highest BCUT2D eigenvalue weighted by molar-refractivity contribution is 7.93. The van der Waals surface area contributed by atoms with Gasteiger partial charge < -0.3 is 14.8 Å². The van der Waals surface area contributed by atoms with E-state index in [-0.39, 0.29) is 11.9 Å². The monoisotopic (exact) mass is 301 g/mol. The first-order valence-electron chi connectivity index (χ1n) is 7.33. The second-order valence-corrected chi connectivity index (χ2v) is 6.10. The van der Waals surface area contributed by atoms with Crippen LogP contribution in [0.15, 0.2) is 4.99 Å². The molecule has 0 bridgehead atoms. The van der Waals surface area contributed by atoms with Gasteiger partial charge >= 0.3 is 6.03 Å². The lowest BCUT2D eigenvalue weighted by Gasteiger charge is -2.30. The van der Waals surface area contributed by atoms with Gasteiger partial charge in [0.2, 0.25) is 0 Å². The van der Waals surface area contributed by atoms with Crippen molar-refractivity contribution in [2.75, 3.05) is 26.0 Å². The zero-order valence-corrected chi connectivity index (χ0v) is 13.6. The minimum atomic E-state index is -0.180. The summed E-state index contributed by atoms with van der Waals surface area (Å²) in [5.41, 5.74) is 5.73. The summed E-state index contributed by atoms with van der Waals surface area (Å²) in [4.78, 5) is 17.7. The van der Waals surface area contributed by atoms with E-state index in [1.165, 1.54) is 18.5 Å². The molecule has 0 atom stereocenters. The van der Waals surface area contributed by atoms with Crippen molar-refractivity contribution in [2.45, 2.75) is 39.5 Å². The topological polar surface area (TPSA) is 67.9 Å².